The number of nitro groups is 2. The molecule has 1 amide bonds. The molecule has 0 aromatic heterocycles. The van der Waals surface area contributed by atoms with E-state index in [1.54, 1.807) is 33.0 Å². The van der Waals surface area contributed by atoms with Crippen LogP contribution >= 0.6 is 0 Å². The highest BCUT2D eigenvalue weighted by Gasteiger charge is 2.22. The van der Waals surface area contributed by atoms with Crippen LogP contribution in [-0.2, 0) is 0 Å². The van der Waals surface area contributed by atoms with Gasteiger partial charge >= 0.3 is 0 Å². The second-order valence-electron chi connectivity index (χ2n) is 5.70. The van der Waals surface area contributed by atoms with E-state index in [-0.39, 0.29) is 17.3 Å². The molecule has 2 rings (SSSR count). The molecule has 0 aliphatic rings. The third-order valence-electron chi connectivity index (χ3n) is 4.11. The third-order valence-corrected chi connectivity index (χ3v) is 4.11. The molecular formula is C17H17N3O5. The average molecular weight is 343 g/mol. The minimum Gasteiger partial charge on any atom is -0.335 e. The number of rotatable bonds is 5. The minimum absolute atomic E-state index is 0.0450. The van der Waals surface area contributed by atoms with Crippen LogP contribution in [0.15, 0.2) is 42.5 Å². The highest BCUT2D eigenvalue weighted by molar-refractivity contribution is 5.94. The minimum atomic E-state index is -0.501. The Morgan fingerprint density at radius 3 is 2.32 bits per heavy atom. The zero-order valence-electron chi connectivity index (χ0n) is 14.0. The molecule has 2 aromatic carbocycles. The van der Waals surface area contributed by atoms with Gasteiger partial charge in [-0.15, -0.1) is 0 Å². The summed E-state index contributed by atoms with van der Waals surface area (Å²) in [5.74, 6) is -0.322. The summed E-state index contributed by atoms with van der Waals surface area (Å²) in [5.41, 5.74) is 1.25. The molecule has 0 bridgehead atoms. The van der Waals surface area contributed by atoms with Crippen molar-refractivity contribution < 1.29 is 14.6 Å². The number of carbonyl (C=O) groups excluding carboxylic acids is 1. The van der Waals surface area contributed by atoms with Gasteiger partial charge in [0.15, 0.2) is 0 Å². The fraction of sp³-hybridized carbons (Fsp3) is 0.235. The van der Waals surface area contributed by atoms with Crippen LogP contribution in [0.25, 0.3) is 0 Å². The van der Waals surface area contributed by atoms with Crippen molar-refractivity contribution >= 4 is 17.3 Å². The van der Waals surface area contributed by atoms with Crippen LogP contribution in [0.4, 0.5) is 11.4 Å². The molecule has 0 spiro atoms. The van der Waals surface area contributed by atoms with Crippen molar-refractivity contribution in [2.75, 3.05) is 7.05 Å². The third kappa shape index (κ3) is 3.79. The molecule has 8 heteroatoms. The molecule has 0 aliphatic carbocycles. The zero-order valence-corrected chi connectivity index (χ0v) is 14.0. The highest BCUT2D eigenvalue weighted by atomic mass is 16.6. The Morgan fingerprint density at radius 1 is 1.08 bits per heavy atom. The molecule has 0 aliphatic heterocycles. The quantitative estimate of drug-likeness (QED) is 0.608. The summed E-state index contributed by atoms with van der Waals surface area (Å²) in [6.07, 6.45) is 0. The molecule has 0 unspecified atom stereocenters. The van der Waals surface area contributed by atoms with Gasteiger partial charge in [-0.25, -0.2) is 0 Å². The van der Waals surface area contributed by atoms with Crippen LogP contribution in [0, 0.1) is 27.2 Å². The summed E-state index contributed by atoms with van der Waals surface area (Å²) in [5, 5.41) is 21.8. The van der Waals surface area contributed by atoms with Gasteiger partial charge in [0.2, 0.25) is 0 Å². The van der Waals surface area contributed by atoms with Gasteiger partial charge in [-0.05, 0) is 31.5 Å². The molecule has 0 fully saturated rings. The maximum atomic E-state index is 12.6. The topological polar surface area (TPSA) is 107 Å². The number of nitrogens with zero attached hydrogens (tertiary/aromatic N) is 3. The summed E-state index contributed by atoms with van der Waals surface area (Å²) in [6, 6.07) is 9.87. The van der Waals surface area contributed by atoms with Crippen LogP contribution in [0.2, 0.25) is 0 Å². The lowest BCUT2D eigenvalue weighted by Gasteiger charge is -2.25. The van der Waals surface area contributed by atoms with E-state index in [1.807, 2.05) is 0 Å². The van der Waals surface area contributed by atoms with Gasteiger partial charge in [0.25, 0.3) is 17.3 Å². The Hall–Kier alpha value is -3.29. The summed E-state index contributed by atoms with van der Waals surface area (Å²) in [6.45, 7) is 3.33. The van der Waals surface area contributed by atoms with Gasteiger partial charge in [-0.1, -0.05) is 12.1 Å². The van der Waals surface area contributed by atoms with Crippen LogP contribution in [0.5, 0.6) is 0 Å². The number of carbonyl (C=O) groups is 1. The summed E-state index contributed by atoms with van der Waals surface area (Å²) in [4.78, 5) is 34.9. The fourth-order valence-corrected chi connectivity index (χ4v) is 2.49. The molecule has 0 radical (unpaired) electrons. The molecule has 130 valence electrons. The first-order valence-corrected chi connectivity index (χ1v) is 7.49. The molecule has 25 heavy (non-hydrogen) atoms. The van der Waals surface area contributed by atoms with Gasteiger partial charge in [0.05, 0.1) is 15.9 Å². The van der Waals surface area contributed by atoms with Crippen LogP contribution < -0.4 is 0 Å². The fourth-order valence-electron chi connectivity index (χ4n) is 2.49. The van der Waals surface area contributed by atoms with Gasteiger partial charge < -0.3 is 4.90 Å². The average Bonchev–Trinajstić information content (AvgIpc) is 2.59. The van der Waals surface area contributed by atoms with Crippen molar-refractivity contribution in [1.29, 1.82) is 0 Å². The standard InChI is InChI=1S/C17H17N3O5/c1-11-9-14(7-8-16(11)20(24)25)17(21)18(3)12(2)13-5-4-6-15(10-13)19(22)23/h4-10,12H,1-3H3/t12-/m1/s1. The predicted octanol–water partition coefficient (Wildman–Crippen LogP) is 3.64. The van der Waals surface area contributed by atoms with Gasteiger partial charge in [0, 0.05) is 36.4 Å². The lowest BCUT2D eigenvalue weighted by molar-refractivity contribution is -0.385. The maximum Gasteiger partial charge on any atom is 0.272 e. The largest absolute Gasteiger partial charge is 0.335 e. The van der Waals surface area contributed by atoms with E-state index in [9.17, 15) is 25.0 Å². The van der Waals surface area contributed by atoms with E-state index in [0.29, 0.717) is 16.7 Å². The van der Waals surface area contributed by atoms with Crippen LogP contribution in [-0.4, -0.2) is 27.7 Å². The van der Waals surface area contributed by atoms with E-state index in [0.717, 1.165) is 0 Å². The summed E-state index contributed by atoms with van der Waals surface area (Å²) < 4.78 is 0. The molecular weight excluding hydrogens is 326 g/mol. The van der Waals surface area contributed by atoms with E-state index in [1.165, 1.54) is 35.2 Å². The Morgan fingerprint density at radius 2 is 1.76 bits per heavy atom. The first-order chi connectivity index (χ1) is 11.7. The van der Waals surface area contributed by atoms with E-state index in [2.05, 4.69) is 0 Å². The Kier molecular flexibility index (Phi) is 5.11. The van der Waals surface area contributed by atoms with Gasteiger partial charge in [-0.3, -0.25) is 25.0 Å². The number of benzene rings is 2. The monoisotopic (exact) mass is 343 g/mol. The lowest BCUT2D eigenvalue weighted by Crippen LogP contribution is -2.29. The first kappa shape index (κ1) is 18.1. The first-order valence-electron chi connectivity index (χ1n) is 7.49. The van der Waals surface area contributed by atoms with Crippen molar-refractivity contribution in [1.82, 2.24) is 4.90 Å². The summed E-state index contributed by atoms with van der Waals surface area (Å²) in [7, 11) is 1.59. The van der Waals surface area contributed by atoms with E-state index in [4.69, 9.17) is 0 Å². The SMILES string of the molecule is Cc1cc(C(=O)N(C)[C@H](C)c2cccc([N+](=O)[O-])c2)ccc1[N+](=O)[O-]. The molecule has 2 aromatic rings. The molecule has 1 atom stereocenters. The Balaban J connectivity index is 2.27. The number of non-ortho nitro benzene ring substituents is 1. The van der Waals surface area contributed by atoms with Crippen molar-refractivity contribution in [2.45, 2.75) is 19.9 Å². The molecule has 0 N–H and O–H groups in total. The van der Waals surface area contributed by atoms with Gasteiger partial charge in [0.1, 0.15) is 0 Å². The lowest BCUT2D eigenvalue weighted by atomic mass is 10.0. The van der Waals surface area contributed by atoms with Crippen molar-refractivity contribution in [3.8, 4) is 0 Å². The van der Waals surface area contributed by atoms with Crippen molar-refractivity contribution in [3.63, 3.8) is 0 Å². The Bertz CT molecular complexity index is 850. The number of amides is 1. The van der Waals surface area contributed by atoms with Gasteiger partial charge in [-0.2, -0.15) is 0 Å². The zero-order chi connectivity index (χ0) is 18.7. The number of hydrogen-bond acceptors (Lipinski definition) is 5. The number of nitro benzene ring substituents is 2. The predicted molar refractivity (Wildman–Crippen MR) is 91.4 cm³/mol. The van der Waals surface area contributed by atoms with Crippen LogP contribution in [0.1, 0.15) is 34.5 Å². The smallest absolute Gasteiger partial charge is 0.272 e. The Labute approximate surface area is 144 Å². The van der Waals surface area contributed by atoms with E-state index < -0.39 is 15.9 Å². The number of hydrogen-bond donors (Lipinski definition) is 0. The van der Waals surface area contributed by atoms with E-state index >= 15 is 0 Å². The molecule has 8 nitrogen and oxygen atoms in total. The van der Waals surface area contributed by atoms with Crippen LogP contribution in [0.3, 0.4) is 0 Å². The second-order valence-corrected chi connectivity index (χ2v) is 5.70. The van der Waals surface area contributed by atoms with Crippen molar-refractivity contribution in [3.05, 3.63) is 79.4 Å². The molecule has 0 heterocycles. The molecule has 0 saturated heterocycles. The second kappa shape index (κ2) is 7.08. The summed E-state index contributed by atoms with van der Waals surface area (Å²) >= 11 is 0. The maximum absolute atomic E-state index is 12.6. The highest BCUT2D eigenvalue weighted by Crippen LogP contribution is 2.25. The van der Waals surface area contributed by atoms with Crippen molar-refractivity contribution in [2.24, 2.45) is 0 Å². The number of aryl methyl sites for hydroxylation is 1. The normalized spacial score (nSPS) is 11.6. The molecule has 0 saturated carbocycles.